The third-order valence-electron chi connectivity index (χ3n) is 6.36. The molecule has 2 aliphatic heterocycles. The summed E-state index contributed by atoms with van der Waals surface area (Å²) in [5, 5.41) is 2.77. The van der Waals surface area contributed by atoms with Gasteiger partial charge in [0.2, 0.25) is 5.91 Å². The molecule has 1 aromatic carbocycles. The summed E-state index contributed by atoms with van der Waals surface area (Å²) in [6.07, 6.45) is 5.38. The summed E-state index contributed by atoms with van der Waals surface area (Å²) >= 11 is 0. The van der Waals surface area contributed by atoms with Crippen molar-refractivity contribution < 1.29 is 23.9 Å². The second kappa shape index (κ2) is 8.16. The van der Waals surface area contributed by atoms with Crippen LogP contribution in [0.2, 0.25) is 0 Å². The Kier molecular flexibility index (Phi) is 5.58. The second-order valence-corrected chi connectivity index (χ2v) is 8.28. The van der Waals surface area contributed by atoms with Gasteiger partial charge in [-0.3, -0.25) is 14.5 Å². The van der Waals surface area contributed by atoms with Crippen molar-refractivity contribution in [2.75, 3.05) is 26.3 Å². The fraction of sp³-hybridized carbons (Fsp3) is 0.591. The topological polar surface area (TPSA) is 88.2 Å². The molecule has 1 N–H and O–H groups in total. The van der Waals surface area contributed by atoms with Gasteiger partial charge in [-0.1, -0.05) is 25.3 Å². The van der Waals surface area contributed by atoms with Gasteiger partial charge in [0.15, 0.2) is 11.5 Å². The van der Waals surface area contributed by atoms with Gasteiger partial charge in [0.05, 0.1) is 0 Å². The van der Waals surface area contributed by atoms with Crippen LogP contribution in [0, 0.1) is 0 Å². The van der Waals surface area contributed by atoms with Crippen molar-refractivity contribution in [3.8, 4) is 11.5 Å². The van der Waals surface area contributed by atoms with Crippen molar-refractivity contribution in [3.05, 3.63) is 23.8 Å². The number of imide groups is 1. The van der Waals surface area contributed by atoms with E-state index in [4.69, 9.17) is 9.47 Å². The molecule has 8 heteroatoms. The molecule has 0 spiro atoms. The van der Waals surface area contributed by atoms with Crippen molar-refractivity contribution in [2.45, 2.75) is 57.5 Å². The van der Waals surface area contributed by atoms with Gasteiger partial charge >= 0.3 is 6.03 Å². The molecule has 4 amide bonds. The molecule has 3 aliphatic rings. The molecule has 4 rings (SSSR count). The summed E-state index contributed by atoms with van der Waals surface area (Å²) in [5.74, 6) is 0.547. The molecule has 0 radical (unpaired) electrons. The number of rotatable bonds is 5. The molecule has 1 aliphatic carbocycles. The fourth-order valence-electron chi connectivity index (χ4n) is 4.65. The lowest BCUT2D eigenvalue weighted by Gasteiger charge is -2.34. The number of amides is 4. The summed E-state index contributed by atoms with van der Waals surface area (Å²) < 4.78 is 11.1. The van der Waals surface area contributed by atoms with Gasteiger partial charge in [-0.2, -0.15) is 0 Å². The predicted molar refractivity (Wildman–Crippen MR) is 109 cm³/mol. The zero-order chi connectivity index (χ0) is 21.3. The minimum atomic E-state index is -1.25. The summed E-state index contributed by atoms with van der Waals surface area (Å²) in [7, 11) is 0. The molecule has 0 unspecified atom stereocenters. The summed E-state index contributed by atoms with van der Waals surface area (Å²) in [5.41, 5.74) is -0.658. The van der Waals surface area contributed by atoms with E-state index in [0.29, 0.717) is 36.8 Å². The van der Waals surface area contributed by atoms with E-state index in [1.807, 2.05) is 11.8 Å². The van der Waals surface area contributed by atoms with Gasteiger partial charge in [-0.05, 0) is 44.4 Å². The van der Waals surface area contributed by atoms with Gasteiger partial charge in [-0.15, -0.1) is 0 Å². The maximum atomic E-state index is 13.2. The van der Waals surface area contributed by atoms with Crippen LogP contribution in [-0.2, 0) is 15.1 Å². The van der Waals surface area contributed by atoms with E-state index < -0.39 is 17.5 Å². The van der Waals surface area contributed by atoms with Crippen molar-refractivity contribution in [2.24, 2.45) is 0 Å². The standard InChI is InChI=1S/C22H29N3O5/c1-3-24(16-7-5-4-6-8-16)19(26)14-25-20(27)22(2,23-21(25)28)15-9-10-17-18(13-15)30-12-11-29-17/h9-10,13,16H,3-8,11-12,14H2,1-2H3,(H,23,28)/t22-/m0/s1. The Labute approximate surface area is 176 Å². The van der Waals surface area contributed by atoms with Gasteiger partial charge in [-0.25, -0.2) is 4.79 Å². The number of carbonyl (C=O) groups is 3. The van der Waals surface area contributed by atoms with Crippen LogP contribution in [0.5, 0.6) is 11.5 Å². The van der Waals surface area contributed by atoms with Crippen LogP contribution < -0.4 is 14.8 Å². The summed E-state index contributed by atoms with van der Waals surface area (Å²) in [4.78, 5) is 41.7. The number of nitrogens with one attached hydrogen (secondary N) is 1. The number of hydrogen-bond donors (Lipinski definition) is 1. The lowest BCUT2D eigenvalue weighted by molar-refractivity contribution is -0.140. The maximum Gasteiger partial charge on any atom is 0.325 e. The first-order chi connectivity index (χ1) is 14.4. The highest BCUT2D eigenvalue weighted by Gasteiger charge is 2.50. The van der Waals surface area contributed by atoms with E-state index in [0.717, 1.165) is 30.6 Å². The van der Waals surface area contributed by atoms with Gasteiger partial charge < -0.3 is 19.7 Å². The Morgan fingerprint density at radius 2 is 1.87 bits per heavy atom. The molecule has 1 atom stereocenters. The molecule has 2 fully saturated rings. The molecule has 30 heavy (non-hydrogen) atoms. The van der Waals surface area contributed by atoms with Crippen LogP contribution in [0.3, 0.4) is 0 Å². The van der Waals surface area contributed by atoms with Gasteiger partial charge in [0.25, 0.3) is 5.91 Å². The molecular weight excluding hydrogens is 386 g/mol. The first kappa shape index (κ1) is 20.5. The monoisotopic (exact) mass is 415 g/mol. The highest BCUT2D eigenvalue weighted by molar-refractivity contribution is 6.09. The second-order valence-electron chi connectivity index (χ2n) is 8.28. The molecule has 2 heterocycles. The van der Waals surface area contributed by atoms with E-state index in [-0.39, 0.29) is 18.5 Å². The number of carbonyl (C=O) groups excluding carboxylic acids is 3. The fourth-order valence-corrected chi connectivity index (χ4v) is 4.65. The van der Waals surface area contributed by atoms with Crippen molar-refractivity contribution in [1.29, 1.82) is 0 Å². The number of nitrogens with zero attached hydrogens (tertiary/aromatic N) is 2. The van der Waals surface area contributed by atoms with Crippen LogP contribution >= 0.6 is 0 Å². The molecule has 162 valence electrons. The minimum Gasteiger partial charge on any atom is -0.486 e. The number of likely N-dealkylation sites (N-methyl/N-ethyl adjacent to an activating group) is 1. The molecule has 1 aromatic rings. The van der Waals surface area contributed by atoms with Gasteiger partial charge in [0, 0.05) is 12.6 Å². The average molecular weight is 415 g/mol. The van der Waals surface area contributed by atoms with Crippen molar-refractivity contribution >= 4 is 17.8 Å². The van der Waals surface area contributed by atoms with Gasteiger partial charge in [0.1, 0.15) is 25.3 Å². The Morgan fingerprint density at radius 1 is 1.17 bits per heavy atom. The lowest BCUT2D eigenvalue weighted by Crippen LogP contribution is -2.48. The first-order valence-corrected chi connectivity index (χ1v) is 10.8. The van der Waals surface area contributed by atoms with E-state index in [1.54, 1.807) is 25.1 Å². The maximum absolute atomic E-state index is 13.2. The summed E-state index contributed by atoms with van der Waals surface area (Å²) in [6.45, 7) is 4.84. The molecular formula is C22H29N3O5. The molecule has 1 saturated carbocycles. The van der Waals surface area contributed by atoms with Crippen LogP contribution in [0.1, 0.15) is 51.5 Å². The van der Waals surface area contributed by atoms with E-state index in [1.165, 1.54) is 6.42 Å². The number of benzene rings is 1. The Bertz CT molecular complexity index is 851. The molecule has 1 saturated heterocycles. The summed E-state index contributed by atoms with van der Waals surface area (Å²) in [6, 6.07) is 4.85. The van der Waals surface area contributed by atoms with Crippen LogP contribution in [0.4, 0.5) is 4.79 Å². The molecule has 8 nitrogen and oxygen atoms in total. The quantitative estimate of drug-likeness (QED) is 0.746. The zero-order valence-electron chi connectivity index (χ0n) is 17.6. The molecule has 0 aromatic heterocycles. The van der Waals surface area contributed by atoms with Crippen LogP contribution in [0.25, 0.3) is 0 Å². The molecule has 0 bridgehead atoms. The average Bonchev–Trinajstić information content (AvgIpc) is 2.98. The number of ether oxygens (including phenoxy) is 2. The number of hydrogen-bond acceptors (Lipinski definition) is 5. The largest absolute Gasteiger partial charge is 0.486 e. The number of urea groups is 1. The Morgan fingerprint density at radius 3 is 2.57 bits per heavy atom. The third kappa shape index (κ3) is 3.59. The number of fused-ring (bicyclic) bond motifs is 1. The zero-order valence-corrected chi connectivity index (χ0v) is 17.6. The van der Waals surface area contributed by atoms with Crippen LogP contribution in [0.15, 0.2) is 18.2 Å². The Balaban J connectivity index is 1.51. The van der Waals surface area contributed by atoms with Crippen LogP contribution in [-0.4, -0.2) is 60.0 Å². The minimum absolute atomic E-state index is 0.181. The SMILES string of the molecule is CCN(C(=O)CN1C(=O)N[C@@](C)(c2ccc3c(c2)OCCO3)C1=O)C1CCCCC1. The normalized spacial score (nSPS) is 24.0. The lowest BCUT2D eigenvalue weighted by atomic mass is 9.91. The van der Waals surface area contributed by atoms with E-state index in [2.05, 4.69) is 5.32 Å². The Hall–Kier alpha value is -2.77. The van der Waals surface area contributed by atoms with Crippen molar-refractivity contribution in [3.63, 3.8) is 0 Å². The first-order valence-electron chi connectivity index (χ1n) is 10.8. The smallest absolute Gasteiger partial charge is 0.325 e. The van der Waals surface area contributed by atoms with E-state index >= 15 is 0 Å². The van der Waals surface area contributed by atoms with E-state index in [9.17, 15) is 14.4 Å². The highest BCUT2D eigenvalue weighted by atomic mass is 16.6. The highest BCUT2D eigenvalue weighted by Crippen LogP contribution is 2.37. The third-order valence-corrected chi connectivity index (χ3v) is 6.36. The van der Waals surface area contributed by atoms with Crippen molar-refractivity contribution in [1.82, 2.24) is 15.1 Å². The predicted octanol–water partition coefficient (Wildman–Crippen LogP) is 2.41.